The molecule has 0 radical (unpaired) electrons. The normalized spacial score (nSPS) is 16.8. The van der Waals surface area contributed by atoms with E-state index in [4.69, 9.17) is 0 Å². The Labute approximate surface area is 124 Å². The molecule has 0 bridgehead atoms. The summed E-state index contributed by atoms with van der Waals surface area (Å²) in [5, 5.41) is 14.6. The lowest BCUT2D eigenvalue weighted by molar-refractivity contribution is -0.139. The molecule has 0 spiro atoms. The Morgan fingerprint density at radius 3 is 2.48 bits per heavy atom. The largest absolute Gasteiger partial charge is 0.480 e. The van der Waals surface area contributed by atoms with Crippen molar-refractivity contribution in [1.29, 1.82) is 0 Å². The number of carboxylic acid groups (broad SMARTS) is 1. The lowest BCUT2D eigenvalue weighted by Crippen LogP contribution is -2.49. The molecule has 0 saturated heterocycles. The summed E-state index contributed by atoms with van der Waals surface area (Å²) in [4.78, 5) is 23.1. The van der Waals surface area contributed by atoms with Crippen molar-refractivity contribution in [2.24, 2.45) is 5.92 Å². The fourth-order valence-corrected chi connectivity index (χ4v) is 2.39. The predicted octanol–water partition coefficient (Wildman–Crippen LogP) is 2.17. The Balaban J connectivity index is 1.83. The number of carbonyl (C=O) groups is 2. The average molecular weight is 290 g/mol. The lowest BCUT2D eigenvalue weighted by Gasteiger charge is -2.18. The average Bonchev–Trinajstić information content (AvgIpc) is 3.22. The van der Waals surface area contributed by atoms with Gasteiger partial charge in [-0.3, -0.25) is 0 Å². The first kappa shape index (κ1) is 15.4. The van der Waals surface area contributed by atoms with Crippen LogP contribution in [0.1, 0.15) is 31.7 Å². The minimum Gasteiger partial charge on any atom is -0.480 e. The van der Waals surface area contributed by atoms with Gasteiger partial charge in [-0.05, 0) is 24.8 Å². The molecule has 114 valence electrons. The van der Waals surface area contributed by atoms with E-state index in [1.54, 1.807) is 0 Å². The molecule has 5 nitrogen and oxygen atoms in total. The number of amides is 2. The summed E-state index contributed by atoms with van der Waals surface area (Å²) in [6.45, 7) is 1.95. The molecule has 3 N–H and O–H groups in total. The van der Waals surface area contributed by atoms with E-state index in [9.17, 15) is 14.7 Å². The van der Waals surface area contributed by atoms with Crippen LogP contribution in [0.2, 0.25) is 0 Å². The molecule has 1 unspecified atom stereocenters. The summed E-state index contributed by atoms with van der Waals surface area (Å²) in [6, 6.07) is 8.03. The Morgan fingerprint density at radius 2 is 1.90 bits per heavy atom. The molecule has 2 amide bonds. The van der Waals surface area contributed by atoms with Crippen molar-refractivity contribution in [2.75, 3.05) is 0 Å². The van der Waals surface area contributed by atoms with E-state index >= 15 is 0 Å². The van der Waals surface area contributed by atoms with E-state index in [2.05, 4.69) is 10.6 Å². The zero-order valence-electron chi connectivity index (χ0n) is 12.2. The second kappa shape index (κ2) is 7.11. The molecule has 1 aliphatic rings. The second-order valence-corrected chi connectivity index (χ2v) is 5.78. The van der Waals surface area contributed by atoms with Gasteiger partial charge in [0.1, 0.15) is 6.04 Å². The smallest absolute Gasteiger partial charge is 0.326 e. The van der Waals surface area contributed by atoms with Crippen LogP contribution in [0.3, 0.4) is 0 Å². The monoisotopic (exact) mass is 290 g/mol. The highest BCUT2D eigenvalue weighted by Crippen LogP contribution is 2.33. The van der Waals surface area contributed by atoms with Crippen molar-refractivity contribution in [3.05, 3.63) is 35.9 Å². The number of aliphatic carboxylic acids is 1. The van der Waals surface area contributed by atoms with Crippen LogP contribution in [0.15, 0.2) is 30.3 Å². The van der Waals surface area contributed by atoms with Gasteiger partial charge in [0, 0.05) is 12.5 Å². The van der Waals surface area contributed by atoms with Crippen LogP contribution in [0.25, 0.3) is 0 Å². The third-order valence-corrected chi connectivity index (χ3v) is 3.65. The number of hydrogen-bond donors (Lipinski definition) is 3. The van der Waals surface area contributed by atoms with Gasteiger partial charge in [-0.15, -0.1) is 0 Å². The number of benzene rings is 1. The Hall–Kier alpha value is -2.04. The van der Waals surface area contributed by atoms with E-state index in [0.29, 0.717) is 0 Å². The third kappa shape index (κ3) is 5.45. The van der Waals surface area contributed by atoms with E-state index in [1.165, 1.54) is 12.8 Å². The third-order valence-electron chi connectivity index (χ3n) is 3.65. The fraction of sp³-hybridized carbons (Fsp3) is 0.500. The fourth-order valence-electron chi connectivity index (χ4n) is 2.39. The summed E-state index contributed by atoms with van der Waals surface area (Å²) in [5.74, 6) is -0.302. The van der Waals surface area contributed by atoms with Crippen molar-refractivity contribution in [3.63, 3.8) is 0 Å². The van der Waals surface area contributed by atoms with Gasteiger partial charge in [-0.25, -0.2) is 9.59 Å². The highest BCUT2D eigenvalue weighted by molar-refractivity contribution is 5.82. The second-order valence-electron chi connectivity index (χ2n) is 5.78. The Kier molecular flexibility index (Phi) is 5.20. The molecule has 1 aromatic carbocycles. The molecule has 1 saturated carbocycles. The van der Waals surface area contributed by atoms with Gasteiger partial charge in [0.2, 0.25) is 0 Å². The van der Waals surface area contributed by atoms with Gasteiger partial charge < -0.3 is 15.7 Å². The number of carbonyl (C=O) groups excluding carboxylic acids is 1. The van der Waals surface area contributed by atoms with Gasteiger partial charge in [-0.2, -0.15) is 0 Å². The molecule has 1 fully saturated rings. The number of urea groups is 1. The maximum absolute atomic E-state index is 11.9. The van der Waals surface area contributed by atoms with Crippen LogP contribution >= 0.6 is 0 Å². The maximum Gasteiger partial charge on any atom is 0.326 e. The number of rotatable bonds is 7. The highest BCUT2D eigenvalue weighted by Gasteiger charge is 2.25. The first-order chi connectivity index (χ1) is 10.0. The van der Waals surface area contributed by atoms with Crippen molar-refractivity contribution >= 4 is 12.0 Å². The maximum atomic E-state index is 11.9. The van der Waals surface area contributed by atoms with Crippen LogP contribution in [-0.4, -0.2) is 29.2 Å². The number of carboxylic acids is 1. The van der Waals surface area contributed by atoms with E-state index in [0.717, 1.165) is 17.9 Å². The molecule has 0 aliphatic heterocycles. The Morgan fingerprint density at radius 1 is 1.24 bits per heavy atom. The zero-order chi connectivity index (χ0) is 15.2. The van der Waals surface area contributed by atoms with E-state index < -0.39 is 18.0 Å². The molecular weight excluding hydrogens is 268 g/mol. The van der Waals surface area contributed by atoms with Crippen molar-refractivity contribution in [3.8, 4) is 0 Å². The highest BCUT2D eigenvalue weighted by atomic mass is 16.4. The van der Waals surface area contributed by atoms with Crippen LogP contribution in [0, 0.1) is 5.92 Å². The molecule has 1 aliphatic carbocycles. The first-order valence-corrected chi connectivity index (χ1v) is 7.38. The quantitative estimate of drug-likeness (QED) is 0.720. The molecule has 2 rings (SSSR count). The van der Waals surface area contributed by atoms with Gasteiger partial charge in [0.05, 0.1) is 0 Å². The standard InChI is InChI=1S/C16H22N2O3/c1-11(9-13-7-8-13)17-16(21)18-14(15(19)20)10-12-5-3-2-4-6-12/h2-6,11,13-14H,7-10H2,1H3,(H,19,20)(H2,17,18,21)/t11?,14-/m0/s1. The summed E-state index contributed by atoms with van der Waals surface area (Å²) in [7, 11) is 0. The Bertz CT molecular complexity index is 486. The molecule has 0 aromatic heterocycles. The van der Waals surface area contributed by atoms with Gasteiger partial charge >= 0.3 is 12.0 Å². The summed E-state index contributed by atoms with van der Waals surface area (Å²) in [5.41, 5.74) is 0.885. The van der Waals surface area contributed by atoms with E-state index in [1.807, 2.05) is 37.3 Å². The number of hydrogen-bond acceptors (Lipinski definition) is 2. The lowest BCUT2D eigenvalue weighted by atomic mass is 10.1. The van der Waals surface area contributed by atoms with Crippen LogP contribution in [0.5, 0.6) is 0 Å². The SMILES string of the molecule is CC(CC1CC1)NC(=O)N[C@@H](Cc1ccccc1)C(=O)O. The van der Waals surface area contributed by atoms with Gasteiger partial charge in [-0.1, -0.05) is 43.2 Å². The molecule has 1 aromatic rings. The molecule has 0 heterocycles. The first-order valence-electron chi connectivity index (χ1n) is 7.38. The minimum absolute atomic E-state index is 0.0728. The zero-order valence-corrected chi connectivity index (χ0v) is 12.2. The summed E-state index contributed by atoms with van der Waals surface area (Å²) >= 11 is 0. The van der Waals surface area contributed by atoms with E-state index in [-0.39, 0.29) is 12.5 Å². The summed E-state index contributed by atoms with van der Waals surface area (Å²) < 4.78 is 0. The predicted molar refractivity (Wildman–Crippen MR) is 80.0 cm³/mol. The number of nitrogens with one attached hydrogen (secondary N) is 2. The van der Waals surface area contributed by atoms with Crippen molar-refractivity contribution in [1.82, 2.24) is 10.6 Å². The van der Waals surface area contributed by atoms with Crippen molar-refractivity contribution < 1.29 is 14.7 Å². The van der Waals surface area contributed by atoms with Crippen molar-refractivity contribution in [2.45, 2.75) is 44.7 Å². The van der Waals surface area contributed by atoms with Crippen LogP contribution in [0.4, 0.5) is 4.79 Å². The van der Waals surface area contributed by atoms with Gasteiger partial charge in [0.15, 0.2) is 0 Å². The summed E-state index contributed by atoms with van der Waals surface area (Å²) in [6.07, 6.45) is 3.71. The molecule has 2 atom stereocenters. The molecule has 5 heteroatoms. The van der Waals surface area contributed by atoms with Crippen LogP contribution in [-0.2, 0) is 11.2 Å². The topological polar surface area (TPSA) is 78.4 Å². The molecular formula is C16H22N2O3. The molecule has 21 heavy (non-hydrogen) atoms. The minimum atomic E-state index is -1.02. The van der Waals surface area contributed by atoms with Gasteiger partial charge in [0.25, 0.3) is 0 Å². The van der Waals surface area contributed by atoms with Crippen LogP contribution < -0.4 is 10.6 Å².